The highest BCUT2D eigenvalue weighted by molar-refractivity contribution is 9.10. The van der Waals surface area contributed by atoms with E-state index in [2.05, 4.69) is 38.2 Å². The molecule has 3 heterocycles. The van der Waals surface area contributed by atoms with Crippen molar-refractivity contribution in [3.05, 3.63) is 16.7 Å². The van der Waals surface area contributed by atoms with Crippen LogP contribution in [-0.2, 0) is 0 Å². The van der Waals surface area contributed by atoms with E-state index in [9.17, 15) is 0 Å². The minimum absolute atomic E-state index is 0.713. The Bertz CT molecular complexity index is 451. The first kappa shape index (κ1) is 13.2. The molecule has 0 saturated carbocycles. The fraction of sp³-hybridized carbons (Fsp3) is 0.643. The van der Waals surface area contributed by atoms with Crippen molar-refractivity contribution in [3.8, 4) is 0 Å². The molecule has 1 aromatic heterocycles. The number of pyridine rings is 1. The van der Waals surface area contributed by atoms with Gasteiger partial charge in [0, 0.05) is 29.3 Å². The van der Waals surface area contributed by atoms with E-state index in [-0.39, 0.29) is 0 Å². The molecule has 4 nitrogen and oxygen atoms in total. The summed E-state index contributed by atoms with van der Waals surface area (Å²) in [7, 11) is 2.28. The van der Waals surface area contributed by atoms with Crippen LogP contribution in [0.15, 0.2) is 16.7 Å². The molecular weight excluding hydrogens is 304 g/mol. The van der Waals surface area contributed by atoms with Gasteiger partial charge in [-0.3, -0.25) is 0 Å². The zero-order valence-electron chi connectivity index (χ0n) is 11.3. The van der Waals surface area contributed by atoms with E-state index < -0.39 is 0 Å². The second-order valence-electron chi connectivity index (χ2n) is 5.86. The standard InChI is InChI=1S/C14H21BrN4/c1-19-11-2-3-12(19)5-9(4-11)7-17-14-13(16)6-10(15)8-18-14/h6,8-9,11-12H,2-5,7,16H2,1H3,(H,17,18). The predicted octanol–water partition coefficient (Wildman–Crippen LogP) is 2.71. The van der Waals surface area contributed by atoms with Crippen LogP contribution in [0.2, 0.25) is 0 Å². The van der Waals surface area contributed by atoms with Gasteiger partial charge in [0.25, 0.3) is 0 Å². The Labute approximate surface area is 122 Å². The summed E-state index contributed by atoms with van der Waals surface area (Å²) in [4.78, 5) is 6.91. The first-order valence-electron chi connectivity index (χ1n) is 7.00. The summed E-state index contributed by atoms with van der Waals surface area (Å²) < 4.78 is 0.924. The van der Waals surface area contributed by atoms with Crippen LogP contribution >= 0.6 is 15.9 Å². The van der Waals surface area contributed by atoms with E-state index in [1.54, 1.807) is 6.20 Å². The average Bonchev–Trinajstić information content (AvgIpc) is 2.62. The summed E-state index contributed by atoms with van der Waals surface area (Å²) in [6.45, 7) is 0.986. The maximum Gasteiger partial charge on any atom is 0.149 e. The Hall–Kier alpha value is -0.810. The van der Waals surface area contributed by atoms with Gasteiger partial charge in [0.05, 0.1) is 5.69 Å². The van der Waals surface area contributed by atoms with Gasteiger partial charge in [0.15, 0.2) is 0 Å². The van der Waals surface area contributed by atoms with Crippen LogP contribution in [0, 0.1) is 5.92 Å². The summed E-state index contributed by atoms with van der Waals surface area (Å²) in [6, 6.07) is 3.48. The number of aromatic nitrogens is 1. The van der Waals surface area contributed by atoms with Gasteiger partial charge in [-0.1, -0.05) is 0 Å². The molecule has 2 aliphatic heterocycles. The van der Waals surface area contributed by atoms with Crippen LogP contribution < -0.4 is 11.1 Å². The molecule has 0 spiro atoms. The smallest absolute Gasteiger partial charge is 0.149 e. The highest BCUT2D eigenvalue weighted by Crippen LogP contribution is 2.37. The molecule has 3 N–H and O–H groups in total. The van der Waals surface area contributed by atoms with Crippen molar-refractivity contribution in [2.75, 3.05) is 24.6 Å². The SMILES string of the molecule is CN1C2CCC1CC(CNc1ncc(Br)cc1N)C2. The third kappa shape index (κ3) is 2.72. The second-order valence-corrected chi connectivity index (χ2v) is 6.78. The van der Waals surface area contributed by atoms with Gasteiger partial charge < -0.3 is 16.0 Å². The van der Waals surface area contributed by atoms with Gasteiger partial charge in [0.2, 0.25) is 0 Å². The molecule has 5 heteroatoms. The summed E-state index contributed by atoms with van der Waals surface area (Å²) in [6.07, 6.45) is 7.14. The third-order valence-corrected chi connectivity index (χ3v) is 5.07. The number of hydrogen-bond donors (Lipinski definition) is 2. The van der Waals surface area contributed by atoms with Gasteiger partial charge in [-0.05, 0) is 60.6 Å². The quantitative estimate of drug-likeness (QED) is 0.897. The van der Waals surface area contributed by atoms with E-state index in [0.717, 1.165) is 34.8 Å². The molecule has 2 atom stereocenters. The number of halogens is 1. The van der Waals surface area contributed by atoms with Crippen LogP contribution in [0.1, 0.15) is 25.7 Å². The van der Waals surface area contributed by atoms with Gasteiger partial charge in [0.1, 0.15) is 5.82 Å². The predicted molar refractivity (Wildman–Crippen MR) is 82.1 cm³/mol. The normalized spacial score (nSPS) is 30.5. The molecule has 1 aromatic rings. The summed E-state index contributed by atoms with van der Waals surface area (Å²) in [5, 5.41) is 3.42. The highest BCUT2D eigenvalue weighted by Gasteiger charge is 2.38. The zero-order chi connectivity index (χ0) is 13.4. The molecule has 2 fully saturated rings. The number of rotatable bonds is 3. The first-order valence-corrected chi connectivity index (χ1v) is 7.79. The van der Waals surface area contributed by atoms with E-state index in [1.165, 1.54) is 25.7 Å². The second kappa shape index (κ2) is 5.29. The van der Waals surface area contributed by atoms with Crippen molar-refractivity contribution in [2.45, 2.75) is 37.8 Å². The van der Waals surface area contributed by atoms with Crippen molar-refractivity contribution in [2.24, 2.45) is 5.92 Å². The van der Waals surface area contributed by atoms with Crippen molar-refractivity contribution in [1.82, 2.24) is 9.88 Å². The first-order chi connectivity index (χ1) is 9.13. The van der Waals surface area contributed by atoms with Crippen molar-refractivity contribution >= 4 is 27.4 Å². The molecule has 104 valence electrons. The van der Waals surface area contributed by atoms with Gasteiger partial charge >= 0.3 is 0 Å². The minimum atomic E-state index is 0.713. The monoisotopic (exact) mass is 324 g/mol. The molecule has 0 aliphatic carbocycles. The Morgan fingerprint density at radius 2 is 2.11 bits per heavy atom. The fourth-order valence-electron chi connectivity index (χ4n) is 3.53. The Balaban J connectivity index is 1.58. The number of nitrogens with one attached hydrogen (secondary N) is 1. The summed E-state index contributed by atoms with van der Waals surface area (Å²) in [5.41, 5.74) is 6.68. The van der Waals surface area contributed by atoms with Gasteiger partial charge in [-0.25, -0.2) is 4.98 Å². The van der Waals surface area contributed by atoms with Crippen molar-refractivity contribution in [1.29, 1.82) is 0 Å². The largest absolute Gasteiger partial charge is 0.396 e. The van der Waals surface area contributed by atoms with E-state index in [1.807, 2.05) is 6.07 Å². The molecule has 2 bridgehead atoms. The molecular formula is C14H21BrN4. The average molecular weight is 325 g/mol. The number of hydrogen-bond acceptors (Lipinski definition) is 4. The van der Waals surface area contributed by atoms with E-state index >= 15 is 0 Å². The van der Waals surface area contributed by atoms with Gasteiger partial charge in [-0.2, -0.15) is 0 Å². The molecule has 2 aliphatic rings. The number of nitrogens with zero attached hydrogens (tertiary/aromatic N) is 2. The lowest BCUT2D eigenvalue weighted by atomic mass is 9.91. The number of nitrogens with two attached hydrogens (primary N) is 1. The van der Waals surface area contributed by atoms with Crippen LogP contribution in [0.25, 0.3) is 0 Å². The van der Waals surface area contributed by atoms with E-state index in [0.29, 0.717) is 5.69 Å². The minimum Gasteiger partial charge on any atom is -0.396 e. The highest BCUT2D eigenvalue weighted by atomic mass is 79.9. The van der Waals surface area contributed by atoms with Crippen LogP contribution in [0.5, 0.6) is 0 Å². The maximum atomic E-state index is 5.96. The Morgan fingerprint density at radius 3 is 2.74 bits per heavy atom. The lowest BCUT2D eigenvalue weighted by molar-refractivity contribution is 0.139. The Kier molecular flexibility index (Phi) is 3.67. The third-order valence-electron chi connectivity index (χ3n) is 4.64. The summed E-state index contributed by atoms with van der Waals surface area (Å²) >= 11 is 3.38. The number of anilines is 2. The number of fused-ring (bicyclic) bond motifs is 2. The molecule has 2 unspecified atom stereocenters. The van der Waals surface area contributed by atoms with E-state index in [4.69, 9.17) is 5.73 Å². The summed E-state index contributed by atoms with van der Waals surface area (Å²) in [5.74, 6) is 1.56. The topological polar surface area (TPSA) is 54.2 Å². The van der Waals surface area contributed by atoms with Crippen LogP contribution in [0.4, 0.5) is 11.5 Å². The number of piperidine rings is 1. The maximum absolute atomic E-state index is 5.96. The number of nitrogen functional groups attached to an aromatic ring is 1. The molecule has 3 rings (SSSR count). The van der Waals surface area contributed by atoms with Gasteiger partial charge in [-0.15, -0.1) is 0 Å². The lowest BCUT2D eigenvalue weighted by Crippen LogP contribution is -2.41. The lowest BCUT2D eigenvalue weighted by Gasteiger charge is -2.36. The fourth-order valence-corrected chi connectivity index (χ4v) is 3.88. The molecule has 19 heavy (non-hydrogen) atoms. The molecule has 2 saturated heterocycles. The van der Waals surface area contributed by atoms with Crippen LogP contribution in [-0.4, -0.2) is 35.6 Å². The van der Waals surface area contributed by atoms with Crippen LogP contribution in [0.3, 0.4) is 0 Å². The van der Waals surface area contributed by atoms with Crippen molar-refractivity contribution in [3.63, 3.8) is 0 Å². The molecule has 0 radical (unpaired) electrons. The van der Waals surface area contributed by atoms with Crippen molar-refractivity contribution < 1.29 is 0 Å². The molecule has 0 aromatic carbocycles. The zero-order valence-corrected chi connectivity index (χ0v) is 12.9. The molecule has 0 amide bonds. The Morgan fingerprint density at radius 1 is 1.42 bits per heavy atom.